The van der Waals surface area contributed by atoms with E-state index in [2.05, 4.69) is 21.2 Å². The molecule has 0 aromatic heterocycles. The van der Waals surface area contributed by atoms with Crippen LogP contribution in [-0.4, -0.2) is 8.42 Å². The van der Waals surface area contributed by atoms with Gasteiger partial charge in [0.05, 0.1) is 4.90 Å². The summed E-state index contributed by atoms with van der Waals surface area (Å²) in [5, 5.41) is 11.9. The van der Waals surface area contributed by atoms with Gasteiger partial charge in [-0.1, -0.05) is 34.1 Å². The monoisotopic (exact) mass is 362 g/mol. The number of rotatable bonds is 4. The van der Waals surface area contributed by atoms with Crippen molar-refractivity contribution < 1.29 is 8.42 Å². The number of anilines is 1. The number of halogens is 1. The van der Waals surface area contributed by atoms with Gasteiger partial charge in [-0.05, 0) is 36.4 Å². The summed E-state index contributed by atoms with van der Waals surface area (Å²) in [6.45, 7) is 0. The van der Waals surface area contributed by atoms with E-state index in [4.69, 9.17) is 5.26 Å². The number of allylic oxidation sites excluding steroid dienone is 1. The molecule has 0 saturated carbocycles. The molecule has 0 saturated heterocycles. The predicted octanol–water partition coefficient (Wildman–Crippen LogP) is 3.70. The molecular formula is C15H11BrN2O2S. The third-order valence-electron chi connectivity index (χ3n) is 2.67. The first-order valence-electron chi connectivity index (χ1n) is 5.96. The van der Waals surface area contributed by atoms with Crippen molar-refractivity contribution >= 4 is 31.5 Å². The number of hydrogen-bond donors (Lipinski definition) is 1. The highest BCUT2D eigenvalue weighted by atomic mass is 79.9. The van der Waals surface area contributed by atoms with Gasteiger partial charge in [0, 0.05) is 16.4 Å². The van der Waals surface area contributed by atoms with Crippen LogP contribution >= 0.6 is 15.9 Å². The molecule has 106 valence electrons. The Hall–Kier alpha value is -2.10. The number of sulfone groups is 1. The summed E-state index contributed by atoms with van der Waals surface area (Å²) < 4.78 is 25.5. The van der Waals surface area contributed by atoms with Crippen molar-refractivity contribution in [1.29, 1.82) is 5.26 Å². The fourth-order valence-corrected chi connectivity index (χ4v) is 2.96. The number of nitrogens with one attached hydrogen (secondary N) is 1. The molecule has 0 heterocycles. The highest BCUT2D eigenvalue weighted by Crippen LogP contribution is 2.19. The van der Waals surface area contributed by atoms with Crippen molar-refractivity contribution in [3.8, 4) is 6.07 Å². The van der Waals surface area contributed by atoms with Crippen LogP contribution in [0, 0.1) is 11.3 Å². The Balaban J connectivity index is 2.29. The Bertz CT molecular complexity index is 792. The van der Waals surface area contributed by atoms with Crippen LogP contribution in [0.2, 0.25) is 0 Å². The summed E-state index contributed by atoms with van der Waals surface area (Å²) in [5.41, 5.74) is 0.689. The first-order chi connectivity index (χ1) is 10.0. The number of nitrogens with zero attached hydrogens (tertiary/aromatic N) is 1. The highest BCUT2D eigenvalue weighted by molar-refractivity contribution is 9.10. The zero-order chi connectivity index (χ0) is 15.3. The molecule has 0 spiro atoms. The Morgan fingerprint density at radius 2 is 1.71 bits per heavy atom. The molecule has 2 aromatic rings. The third-order valence-corrected chi connectivity index (χ3v) is 4.88. The lowest BCUT2D eigenvalue weighted by Crippen LogP contribution is -2.05. The SMILES string of the molecule is N#CC(=CNc1ccc(Br)cc1)S(=O)(=O)c1ccccc1. The molecule has 0 bridgehead atoms. The van der Waals surface area contributed by atoms with E-state index >= 15 is 0 Å². The van der Waals surface area contributed by atoms with Crippen molar-refractivity contribution in [2.24, 2.45) is 0 Å². The smallest absolute Gasteiger partial charge is 0.218 e. The molecule has 0 aliphatic rings. The largest absolute Gasteiger partial charge is 0.360 e. The fourth-order valence-electron chi connectivity index (χ4n) is 1.59. The average molecular weight is 363 g/mol. The molecule has 2 rings (SSSR count). The molecule has 0 aliphatic heterocycles. The van der Waals surface area contributed by atoms with E-state index in [1.807, 2.05) is 12.1 Å². The quantitative estimate of drug-likeness (QED) is 0.841. The van der Waals surface area contributed by atoms with Crippen LogP contribution in [0.3, 0.4) is 0 Å². The maximum atomic E-state index is 12.3. The van der Waals surface area contributed by atoms with Crippen molar-refractivity contribution in [3.63, 3.8) is 0 Å². The normalized spacial score (nSPS) is 11.7. The van der Waals surface area contributed by atoms with Gasteiger partial charge in [-0.25, -0.2) is 8.42 Å². The first kappa shape index (κ1) is 15.3. The van der Waals surface area contributed by atoms with E-state index in [0.29, 0.717) is 5.69 Å². The second kappa shape index (κ2) is 6.57. The lowest BCUT2D eigenvalue weighted by atomic mass is 10.3. The van der Waals surface area contributed by atoms with Crippen LogP contribution < -0.4 is 5.32 Å². The van der Waals surface area contributed by atoms with Crippen LogP contribution in [0.1, 0.15) is 0 Å². The van der Waals surface area contributed by atoms with Crippen molar-refractivity contribution in [2.75, 3.05) is 5.32 Å². The Morgan fingerprint density at radius 1 is 1.10 bits per heavy atom. The Morgan fingerprint density at radius 3 is 2.29 bits per heavy atom. The van der Waals surface area contributed by atoms with Crippen LogP contribution in [0.25, 0.3) is 0 Å². The molecular weight excluding hydrogens is 352 g/mol. The van der Waals surface area contributed by atoms with E-state index < -0.39 is 9.84 Å². The molecule has 0 unspecified atom stereocenters. The van der Waals surface area contributed by atoms with Crippen LogP contribution in [0.5, 0.6) is 0 Å². The second-order valence-electron chi connectivity index (χ2n) is 4.09. The van der Waals surface area contributed by atoms with E-state index in [-0.39, 0.29) is 9.80 Å². The van der Waals surface area contributed by atoms with Gasteiger partial charge in [0.2, 0.25) is 9.84 Å². The topological polar surface area (TPSA) is 70.0 Å². The van der Waals surface area contributed by atoms with Gasteiger partial charge in [-0.3, -0.25) is 0 Å². The van der Waals surface area contributed by atoms with Crippen LogP contribution in [0.4, 0.5) is 5.69 Å². The standard InChI is InChI=1S/C15H11BrN2O2S/c16-12-6-8-13(9-7-12)18-11-15(10-17)21(19,20)14-4-2-1-3-5-14/h1-9,11,18H. The predicted molar refractivity (Wildman–Crippen MR) is 85.1 cm³/mol. The zero-order valence-electron chi connectivity index (χ0n) is 10.8. The molecule has 0 atom stereocenters. The lowest BCUT2D eigenvalue weighted by molar-refractivity contribution is 0.603. The summed E-state index contributed by atoms with van der Waals surface area (Å²) in [5.74, 6) is 0. The number of benzene rings is 2. The molecule has 2 aromatic carbocycles. The molecule has 0 radical (unpaired) electrons. The van der Waals surface area contributed by atoms with Crippen molar-refractivity contribution in [1.82, 2.24) is 0 Å². The Labute approximate surface area is 131 Å². The molecule has 4 nitrogen and oxygen atoms in total. The summed E-state index contributed by atoms with van der Waals surface area (Å²) >= 11 is 3.31. The maximum Gasteiger partial charge on any atom is 0.218 e. The minimum absolute atomic E-state index is 0.0930. The van der Waals surface area contributed by atoms with Gasteiger partial charge in [0.25, 0.3) is 0 Å². The van der Waals surface area contributed by atoms with Gasteiger partial charge in [0.1, 0.15) is 6.07 Å². The van der Waals surface area contributed by atoms with Crippen molar-refractivity contribution in [3.05, 3.63) is 70.2 Å². The maximum absolute atomic E-state index is 12.3. The lowest BCUT2D eigenvalue weighted by Gasteiger charge is -2.04. The molecule has 6 heteroatoms. The van der Waals surface area contributed by atoms with Gasteiger partial charge < -0.3 is 5.32 Å². The van der Waals surface area contributed by atoms with Crippen molar-refractivity contribution in [2.45, 2.75) is 4.90 Å². The van der Waals surface area contributed by atoms with Gasteiger partial charge in [-0.15, -0.1) is 0 Å². The molecule has 0 aliphatic carbocycles. The molecule has 1 N–H and O–H groups in total. The van der Waals surface area contributed by atoms with Gasteiger partial charge in [0.15, 0.2) is 4.91 Å². The summed E-state index contributed by atoms with van der Waals surface area (Å²) in [6.07, 6.45) is 1.20. The van der Waals surface area contributed by atoms with E-state index in [9.17, 15) is 8.42 Å². The van der Waals surface area contributed by atoms with Gasteiger partial charge >= 0.3 is 0 Å². The average Bonchev–Trinajstić information content (AvgIpc) is 2.50. The minimum Gasteiger partial charge on any atom is -0.360 e. The van der Waals surface area contributed by atoms with E-state index in [1.165, 1.54) is 18.3 Å². The van der Waals surface area contributed by atoms with E-state index in [0.717, 1.165) is 4.47 Å². The first-order valence-corrected chi connectivity index (χ1v) is 8.24. The third kappa shape index (κ3) is 3.72. The number of hydrogen-bond acceptors (Lipinski definition) is 4. The van der Waals surface area contributed by atoms with Crippen LogP contribution in [-0.2, 0) is 9.84 Å². The van der Waals surface area contributed by atoms with Crippen LogP contribution in [0.15, 0.2) is 75.1 Å². The molecule has 21 heavy (non-hydrogen) atoms. The summed E-state index contributed by atoms with van der Waals surface area (Å²) in [4.78, 5) is -0.243. The van der Waals surface area contributed by atoms with Gasteiger partial charge in [-0.2, -0.15) is 5.26 Å². The minimum atomic E-state index is -3.80. The molecule has 0 amide bonds. The zero-order valence-corrected chi connectivity index (χ0v) is 13.2. The number of nitriles is 1. The van der Waals surface area contributed by atoms with E-state index in [1.54, 1.807) is 36.4 Å². The fraction of sp³-hybridized carbons (Fsp3) is 0. The molecule has 0 fully saturated rings. The summed E-state index contributed by atoms with van der Waals surface area (Å²) in [7, 11) is -3.80. The summed E-state index contributed by atoms with van der Waals surface area (Å²) in [6, 6.07) is 16.8. The second-order valence-corrected chi connectivity index (χ2v) is 6.92. The Kier molecular flexibility index (Phi) is 4.78. The highest BCUT2D eigenvalue weighted by Gasteiger charge is 2.20.